The van der Waals surface area contributed by atoms with Crippen LogP contribution in [0.15, 0.2) is 29.2 Å². The van der Waals surface area contributed by atoms with Gasteiger partial charge in [-0.15, -0.1) is 0 Å². The van der Waals surface area contributed by atoms with E-state index in [1.807, 2.05) is 13.8 Å². The molecule has 1 aromatic rings. The summed E-state index contributed by atoms with van der Waals surface area (Å²) >= 11 is 0. The topological polar surface area (TPSA) is 86.5 Å². The molecular formula is C11H15NO4S. The summed E-state index contributed by atoms with van der Waals surface area (Å²) in [7, 11) is -3.78. The molecular weight excluding hydrogens is 242 g/mol. The number of carbonyl (C=O) groups is 1. The number of carbonyl (C=O) groups excluding carboxylic acids is 1. The van der Waals surface area contributed by atoms with Gasteiger partial charge in [-0.1, -0.05) is 12.1 Å². The van der Waals surface area contributed by atoms with Gasteiger partial charge in [0, 0.05) is 5.56 Å². The Morgan fingerprint density at radius 1 is 1.41 bits per heavy atom. The summed E-state index contributed by atoms with van der Waals surface area (Å²) in [5, 5.41) is 4.98. The van der Waals surface area contributed by atoms with Gasteiger partial charge >= 0.3 is 0 Å². The summed E-state index contributed by atoms with van der Waals surface area (Å²) in [5.41, 5.74) is 0.275. The van der Waals surface area contributed by atoms with Crippen LogP contribution in [-0.4, -0.2) is 26.9 Å². The van der Waals surface area contributed by atoms with Gasteiger partial charge in [0.25, 0.3) is 0 Å². The Kier molecular flexibility index (Phi) is 4.39. The molecule has 0 heterocycles. The molecule has 6 heteroatoms. The van der Waals surface area contributed by atoms with Gasteiger partial charge in [-0.2, -0.15) is 0 Å². The minimum atomic E-state index is -3.78. The number of Topliss-reactive ketones (excluding diaryl/α,β-unsaturated/α-hetero) is 1. The largest absolute Gasteiger partial charge is 0.371 e. The van der Waals surface area contributed by atoms with Crippen LogP contribution in [0.1, 0.15) is 24.2 Å². The van der Waals surface area contributed by atoms with E-state index in [2.05, 4.69) is 0 Å². The quantitative estimate of drug-likeness (QED) is 0.795. The Labute approximate surface area is 101 Å². The summed E-state index contributed by atoms with van der Waals surface area (Å²) in [6, 6.07) is 5.60. The molecule has 0 unspecified atom stereocenters. The van der Waals surface area contributed by atoms with Crippen LogP contribution < -0.4 is 5.14 Å². The van der Waals surface area contributed by atoms with E-state index in [1.165, 1.54) is 24.3 Å². The predicted octanol–water partition coefficient (Wildman–Crippen LogP) is 0.942. The van der Waals surface area contributed by atoms with Crippen molar-refractivity contribution in [2.24, 2.45) is 5.14 Å². The SMILES string of the molecule is CC(C)OCC(=O)c1cccc(S(N)(=O)=O)c1. The summed E-state index contributed by atoms with van der Waals surface area (Å²) in [4.78, 5) is 11.6. The maximum absolute atomic E-state index is 11.7. The fourth-order valence-corrected chi connectivity index (χ4v) is 1.73. The molecule has 0 aliphatic rings. The third-order valence-electron chi connectivity index (χ3n) is 2.03. The van der Waals surface area contributed by atoms with Crippen molar-refractivity contribution in [2.45, 2.75) is 24.8 Å². The van der Waals surface area contributed by atoms with E-state index in [4.69, 9.17) is 9.88 Å². The maximum Gasteiger partial charge on any atom is 0.238 e. The molecule has 0 spiro atoms. The van der Waals surface area contributed by atoms with E-state index >= 15 is 0 Å². The number of ketones is 1. The first-order chi connectivity index (χ1) is 7.80. The van der Waals surface area contributed by atoms with Crippen LogP contribution in [0, 0.1) is 0 Å². The Balaban J connectivity index is 2.89. The Hall–Kier alpha value is -1.24. The van der Waals surface area contributed by atoms with Crippen LogP contribution in [0.2, 0.25) is 0 Å². The highest BCUT2D eigenvalue weighted by Gasteiger charge is 2.12. The molecule has 0 radical (unpaired) electrons. The molecule has 2 N–H and O–H groups in total. The van der Waals surface area contributed by atoms with Gasteiger partial charge in [0.2, 0.25) is 10.0 Å². The lowest BCUT2D eigenvalue weighted by Crippen LogP contribution is -2.16. The minimum absolute atomic E-state index is 0.0552. The van der Waals surface area contributed by atoms with Crippen molar-refractivity contribution in [1.29, 1.82) is 0 Å². The van der Waals surface area contributed by atoms with Crippen LogP contribution in [0.25, 0.3) is 0 Å². The third-order valence-corrected chi connectivity index (χ3v) is 2.94. The number of sulfonamides is 1. The molecule has 0 aliphatic carbocycles. The van der Waals surface area contributed by atoms with Crippen molar-refractivity contribution in [3.8, 4) is 0 Å². The second kappa shape index (κ2) is 5.39. The second-order valence-corrected chi connectivity index (χ2v) is 5.42. The molecule has 1 rings (SSSR count). The van der Waals surface area contributed by atoms with Crippen LogP contribution in [-0.2, 0) is 14.8 Å². The van der Waals surface area contributed by atoms with Crippen molar-refractivity contribution < 1.29 is 17.9 Å². The van der Waals surface area contributed by atoms with Crippen molar-refractivity contribution in [2.75, 3.05) is 6.61 Å². The fraction of sp³-hybridized carbons (Fsp3) is 0.364. The number of hydrogen-bond acceptors (Lipinski definition) is 4. The number of ether oxygens (including phenoxy) is 1. The first-order valence-corrected chi connectivity index (χ1v) is 6.63. The highest BCUT2D eigenvalue weighted by atomic mass is 32.2. The monoisotopic (exact) mass is 257 g/mol. The Morgan fingerprint density at radius 2 is 2.06 bits per heavy atom. The van der Waals surface area contributed by atoms with Crippen LogP contribution in [0.4, 0.5) is 0 Å². The molecule has 94 valence electrons. The summed E-state index contributed by atoms with van der Waals surface area (Å²) in [6.07, 6.45) is -0.0552. The fourth-order valence-electron chi connectivity index (χ4n) is 1.17. The van der Waals surface area contributed by atoms with Crippen LogP contribution in [0.5, 0.6) is 0 Å². The highest BCUT2D eigenvalue weighted by molar-refractivity contribution is 7.89. The molecule has 0 bridgehead atoms. The summed E-state index contributed by atoms with van der Waals surface area (Å²) in [6.45, 7) is 3.55. The second-order valence-electron chi connectivity index (χ2n) is 3.86. The summed E-state index contributed by atoms with van der Waals surface area (Å²) < 4.78 is 27.4. The van der Waals surface area contributed by atoms with E-state index in [-0.39, 0.29) is 29.0 Å². The van der Waals surface area contributed by atoms with Gasteiger partial charge in [-0.3, -0.25) is 4.79 Å². The molecule has 0 atom stereocenters. The molecule has 0 saturated heterocycles. The van der Waals surface area contributed by atoms with Gasteiger partial charge in [0.05, 0.1) is 11.0 Å². The van der Waals surface area contributed by atoms with Crippen molar-refractivity contribution in [3.05, 3.63) is 29.8 Å². The van der Waals surface area contributed by atoms with E-state index in [1.54, 1.807) is 0 Å². The molecule has 0 aliphatic heterocycles. The van der Waals surface area contributed by atoms with Crippen LogP contribution in [0.3, 0.4) is 0 Å². The van der Waals surface area contributed by atoms with E-state index in [0.717, 1.165) is 0 Å². The average molecular weight is 257 g/mol. The third kappa shape index (κ3) is 4.26. The first kappa shape index (κ1) is 13.8. The standard InChI is InChI=1S/C11H15NO4S/c1-8(2)16-7-11(13)9-4-3-5-10(6-9)17(12,14)15/h3-6,8H,7H2,1-2H3,(H2,12,14,15). The lowest BCUT2D eigenvalue weighted by molar-refractivity contribution is 0.0584. The lowest BCUT2D eigenvalue weighted by atomic mass is 10.1. The predicted molar refractivity (Wildman–Crippen MR) is 63.2 cm³/mol. The van der Waals surface area contributed by atoms with Gasteiger partial charge in [0.1, 0.15) is 6.61 Å². The normalized spacial score (nSPS) is 11.8. The maximum atomic E-state index is 11.7. The zero-order chi connectivity index (χ0) is 13.1. The highest BCUT2D eigenvalue weighted by Crippen LogP contribution is 2.10. The van der Waals surface area contributed by atoms with Gasteiger partial charge in [-0.25, -0.2) is 13.6 Å². The number of nitrogens with two attached hydrogens (primary N) is 1. The molecule has 0 fully saturated rings. The smallest absolute Gasteiger partial charge is 0.238 e. The average Bonchev–Trinajstić information content (AvgIpc) is 2.25. The van der Waals surface area contributed by atoms with Crippen molar-refractivity contribution in [3.63, 3.8) is 0 Å². The Morgan fingerprint density at radius 3 is 2.59 bits per heavy atom. The number of benzene rings is 1. The number of rotatable bonds is 5. The van der Waals surface area contributed by atoms with Crippen molar-refractivity contribution >= 4 is 15.8 Å². The molecule has 0 saturated carbocycles. The summed E-state index contributed by atoms with van der Waals surface area (Å²) in [5.74, 6) is -0.274. The molecule has 17 heavy (non-hydrogen) atoms. The zero-order valence-electron chi connectivity index (χ0n) is 9.71. The molecule has 0 aromatic heterocycles. The first-order valence-electron chi connectivity index (χ1n) is 5.08. The van der Waals surface area contributed by atoms with E-state index in [0.29, 0.717) is 0 Å². The lowest BCUT2D eigenvalue weighted by Gasteiger charge is -2.07. The van der Waals surface area contributed by atoms with E-state index in [9.17, 15) is 13.2 Å². The van der Waals surface area contributed by atoms with Gasteiger partial charge in [-0.05, 0) is 26.0 Å². The molecule has 5 nitrogen and oxygen atoms in total. The Bertz CT molecular complexity index is 508. The number of hydrogen-bond donors (Lipinski definition) is 1. The molecule has 1 aromatic carbocycles. The minimum Gasteiger partial charge on any atom is -0.371 e. The number of primary sulfonamides is 1. The molecule has 0 amide bonds. The van der Waals surface area contributed by atoms with Gasteiger partial charge in [0.15, 0.2) is 5.78 Å². The zero-order valence-corrected chi connectivity index (χ0v) is 10.5. The van der Waals surface area contributed by atoms with Gasteiger partial charge < -0.3 is 4.74 Å². The van der Waals surface area contributed by atoms with Crippen molar-refractivity contribution in [1.82, 2.24) is 0 Å². The van der Waals surface area contributed by atoms with Crippen LogP contribution >= 0.6 is 0 Å². The van der Waals surface area contributed by atoms with E-state index < -0.39 is 10.0 Å².